The lowest BCUT2D eigenvalue weighted by Gasteiger charge is -2.16. The summed E-state index contributed by atoms with van der Waals surface area (Å²) in [5.41, 5.74) is 2.67. The number of hydrogen-bond acceptors (Lipinski definition) is 2. The first-order valence-corrected chi connectivity index (χ1v) is 7.22. The number of benzene rings is 2. The summed E-state index contributed by atoms with van der Waals surface area (Å²) in [6, 6.07) is 18.9. The molecule has 0 heterocycles. The lowest BCUT2D eigenvalue weighted by molar-refractivity contribution is 0.414. The summed E-state index contributed by atoms with van der Waals surface area (Å²) in [5.74, 6) is 1.49. The van der Waals surface area contributed by atoms with Gasteiger partial charge in [0.15, 0.2) is 0 Å². The second kappa shape index (κ2) is 7.71. The monoisotopic (exact) mass is 269 g/mol. The van der Waals surface area contributed by atoms with Crippen molar-refractivity contribution < 1.29 is 4.74 Å². The molecule has 0 aliphatic carbocycles. The number of hydrogen-bond donors (Lipinski definition) is 1. The highest BCUT2D eigenvalue weighted by molar-refractivity contribution is 5.28. The SMILES string of the molecule is CCC(CNCc1cccc(OC)c1)c1ccccc1. The Hall–Kier alpha value is -1.80. The van der Waals surface area contributed by atoms with E-state index in [0.717, 1.165) is 25.3 Å². The van der Waals surface area contributed by atoms with Gasteiger partial charge in [-0.15, -0.1) is 0 Å². The van der Waals surface area contributed by atoms with Crippen molar-refractivity contribution in [2.45, 2.75) is 25.8 Å². The van der Waals surface area contributed by atoms with Gasteiger partial charge in [0, 0.05) is 13.1 Å². The fourth-order valence-corrected chi connectivity index (χ4v) is 2.40. The Morgan fingerprint density at radius 1 is 1.05 bits per heavy atom. The van der Waals surface area contributed by atoms with Crippen molar-refractivity contribution in [1.82, 2.24) is 5.32 Å². The Kier molecular flexibility index (Phi) is 5.63. The summed E-state index contributed by atoms with van der Waals surface area (Å²) in [4.78, 5) is 0. The van der Waals surface area contributed by atoms with Gasteiger partial charge in [0.25, 0.3) is 0 Å². The number of nitrogens with one attached hydrogen (secondary N) is 1. The molecular weight excluding hydrogens is 246 g/mol. The van der Waals surface area contributed by atoms with Crippen molar-refractivity contribution in [2.75, 3.05) is 13.7 Å². The average Bonchev–Trinajstić information content (AvgIpc) is 2.52. The van der Waals surface area contributed by atoms with E-state index in [2.05, 4.69) is 54.7 Å². The van der Waals surface area contributed by atoms with Crippen molar-refractivity contribution in [2.24, 2.45) is 0 Å². The molecule has 0 fully saturated rings. The van der Waals surface area contributed by atoms with Crippen LogP contribution in [0.2, 0.25) is 0 Å². The zero-order chi connectivity index (χ0) is 14.2. The molecule has 0 saturated carbocycles. The Morgan fingerprint density at radius 2 is 1.85 bits per heavy atom. The van der Waals surface area contributed by atoms with E-state index in [9.17, 15) is 0 Å². The molecule has 2 heteroatoms. The smallest absolute Gasteiger partial charge is 0.119 e. The average molecular weight is 269 g/mol. The minimum Gasteiger partial charge on any atom is -0.497 e. The van der Waals surface area contributed by atoms with Crippen LogP contribution in [0.25, 0.3) is 0 Å². The van der Waals surface area contributed by atoms with E-state index in [-0.39, 0.29) is 0 Å². The molecule has 20 heavy (non-hydrogen) atoms. The number of ether oxygens (including phenoxy) is 1. The standard InChI is InChI=1S/C18H23NO/c1-3-16(17-9-5-4-6-10-17)14-19-13-15-8-7-11-18(12-15)20-2/h4-12,16,19H,3,13-14H2,1-2H3. The van der Waals surface area contributed by atoms with Gasteiger partial charge in [-0.05, 0) is 35.6 Å². The van der Waals surface area contributed by atoms with Gasteiger partial charge in [0.05, 0.1) is 7.11 Å². The van der Waals surface area contributed by atoms with Gasteiger partial charge in [-0.1, -0.05) is 49.4 Å². The highest BCUT2D eigenvalue weighted by atomic mass is 16.5. The zero-order valence-corrected chi connectivity index (χ0v) is 12.3. The van der Waals surface area contributed by atoms with Gasteiger partial charge >= 0.3 is 0 Å². The summed E-state index contributed by atoms with van der Waals surface area (Å²) >= 11 is 0. The minimum atomic E-state index is 0.571. The summed E-state index contributed by atoms with van der Waals surface area (Å²) in [7, 11) is 1.70. The number of methoxy groups -OCH3 is 1. The predicted octanol–water partition coefficient (Wildman–Crippen LogP) is 3.98. The summed E-state index contributed by atoms with van der Waals surface area (Å²) in [6.07, 6.45) is 1.15. The molecule has 0 amide bonds. The van der Waals surface area contributed by atoms with E-state index in [4.69, 9.17) is 4.74 Å². The van der Waals surface area contributed by atoms with E-state index in [1.807, 2.05) is 12.1 Å². The largest absolute Gasteiger partial charge is 0.497 e. The Bertz CT molecular complexity index is 510. The molecule has 0 radical (unpaired) electrons. The molecule has 0 aromatic heterocycles. The maximum atomic E-state index is 5.24. The maximum Gasteiger partial charge on any atom is 0.119 e. The van der Waals surface area contributed by atoms with Gasteiger partial charge in [-0.3, -0.25) is 0 Å². The molecule has 0 spiro atoms. The molecule has 1 atom stereocenters. The van der Waals surface area contributed by atoms with E-state index >= 15 is 0 Å². The van der Waals surface area contributed by atoms with Crippen LogP contribution in [0.3, 0.4) is 0 Å². The fraction of sp³-hybridized carbons (Fsp3) is 0.333. The Morgan fingerprint density at radius 3 is 2.55 bits per heavy atom. The summed E-state index contributed by atoms with van der Waals surface area (Å²) in [6.45, 7) is 4.11. The van der Waals surface area contributed by atoms with Crippen LogP contribution >= 0.6 is 0 Å². The van der Waals surface area contributed by atoms with Crippen LogP contribution in [0.5, 0.6) is 5.75 Å². The van der Waals surface area contributed by atoms with Crippen LogP contribution in [-0.2, 0) is 6.54 Å². The molecule has 2 aromatic rings. The molecule has 0 saturated heterocycles. The highest BCUT2D eigenvalue weighted by Gasteiger charge is 2.08. The van der Waals surface area contributed by atoms with Crippen LogP contribution in [0, 0.1) is 0 Å². The van der Waals surface area contributed by atoms with Crippen LogP contribution < -0.4 is 10.1 Å². The topological polar surface area (TPSA) is 21.3 Å². The van der Waals surface area contributed by atoms with Crippen molar-refractivity contribution in [1.29, 1.82) is 0 Å². The van der Waals surface area contributed by atoms with Crippen LogP contribution in [-0.4, -0.2) is 13.7 Å². The van der Waals surface area contributed by atoms with Crippen LogP contribution in [0.1, 0.15) is 30.4 Å². The second-order valence-corrected chi connectivity index (χ2v) is 5.00. The van der Waals surface area contributed by atoms with Crippen LogP contribution in [0.4, 0.5) is 0 Å². The van der Waals surface area contributed by atoms with Gasteiger partial charge in [-0.25, -0.2) is 0 Å². The highest BCUT2D eigenvalue weighted by Crippen LogP contribution is 2.18. The first kappa shape index (κ1) is 14.6. The minimum absolute atomic E-state index is 0.571. The molecule has 2 aromatic carbocycles. The normalized spacial score (nSPS) is 12.1. The van der Waals surface area contributed by atoms with E-state index < -0.39 is 0 Å². The third-order valence-electron chi connectivity index (χ3n) is 3.62. The third kappa shape index (κ3) is 4.10. The van der Waals surface area contributed by atoms with Gasteiger partial charge in [0.1, 0.15) is 5.75 Å². The Labute approximate surface area is 121 Å². The maximum absolute atomic E-state index is 5.24. The van der Waals surface area contributed by atoms with Gasteiger partial charge in [-0.2, -0.15) is 0 Å². The van der Waals surface area contributed by atoms with E-state index in [0.29, 0.717) is 5.92 Å². The summed E-state index contributed by atoms with van der Waals surface area (Å²) in [5, 5.41) is 3.55. The third-order valence-corrected chi connectivity index (χ3v) is 3.62. The molecule has 0 aliphatic heterocycles. The van der Waals surface area contributed by atoms with E-state index in [1.54, 1.807) is 7.11 Å². The molecular formula is C18H23NO. The zero-order valence-electron chi connectivity index (χ0n) is 12.3. The van der Waals surface area contributed by atoms with Gasteiger partial charge in [0.2, 0.25) is 0 Å². The molecule has 2 nitrogen and oxygen atoms in total. The van der Waals surface area contributed by atoms with Crippen molar-refractivity contribution >= 4 is 0 Å². The molecule has 1 N–H and O–H groups in total. The Balaban J connectivity index is 1.88. The predicted molar refractivity (Wildman–Crippen MR) is 84.2 cm³/mol. The molecule has 106 valence electrons. The second-order valence-electron chi connectivity index (χ2n) is 5.00. The number of rotatable bonds is 7. The first-order chi connectivity index (χ1) is 9.83. The lowest BCUT2D eigenvalue weighted by Crippen LogP contribution is -2.20. The first-order valence-electron chi connectivity index (χ1n) is 7.22. The van der Waals surface area contributed by atoms with Crippen molar-refractivity contribution in [3.8, 4) is 5.75 Å². The molecule has 1 unspecified atom stereocenters. The molecule has 0 bridgehead atoms. The summed E-state index contributed by atoms with van der Waals surface area (Å²) < 4.78 is 5.24. The van der Waals surface area contributed by atoms with Crippen molar-refractivity contribution in [3.05, 3.63) is 65.7 Å². The van der Waals surface area contributed by atoms with Crippen molar-refractivity contribution in [3.63, 3.8) is 0 Å². The lowest BCUT2D eigenvalue weighted by atomic mass is 9.96. The molecule has 2 rings (SSSR count). The quantitative estimate of drug-likeness (QED) is 0.821. The van der Waals surface area contributed by atoms with E-state index in [1.165, 1.54) is 11.1 Å². The molecule has 0 aliphatic rings. The van der Waals surface area contributed by atoms with Gasteiger partial charge < -0.3 is 10.1 Å². The fourth-order valence-electron chi connectivity index (χ4n) is 2.40. The van der Waals surface area contributed by atoms with Crippen LogP contribution in [0.15, 0.2) is 54.6 Å².